The second kappa shape index (κ2) is 8.86. The van der Waals surface area contributed by atoms with E-state index in [0.717, 1.165) is 30.8 Å². The lowest BCUT2D eigenvalue weighted by molar-refractivity contribution is -0.118. The summed E-state index contributed by atoms with van der Waals surface area (Å²) in [7, 11) is 2.08. The largest absolute Gasteiger partial charge is 0.339 e. The molecular weight excluding hydrogens is 404 g/mol. The predicted octanol–water partition coefficient (Wildman–Crippen LogP) is 3.17. The normalized spacial score (nSPS) is 14.8. The van der Waals surface area contributed by atoms with Gasteiger partial charge in [0.05, 0.1) is 10.6 Å². The number of thiophene rings is 1. The molecule has 3 aromatic rings. The van der Waals surface area contributed by atoms with E-state index in [4.69, 9.17) is 0 Å². The lowest BCUT2D eigenvalue weighted by atomic mass is 10.1. The zero-order valence-electron chi connectivity index (χ0n) is 16.1. The molecule has 0 bridgehead atoms. The van der Waals surface area contributed by atoms with Crippen LogP contribution < -0.4 is 10.6 Å². The van der Waals surface area contributed by atoms with Gasteiger partial charge in [-0.1, -0.05) is 36.4 Å². The average molecular weight is 427 g/mol. The molecule has 1 aromatic carbocycles. The Bertz CT molecular complexity index is 986. The molecule has 1 aliphatic rings. The summed E-state index contributed by atoms with van der Waals surface area (Å²) in [5.74, 6) is -0.491. The molecule has 4 rings (SSSR count). The zero-order chi connectivity index (χ0) is 20.2. The summed E-state index contributed by atoms with van der Waals surface area (Å²) in [5.41, 5.74) is 2.05. The number of thiazole rings is 1. The number of amides is 2. The number of anilines is 1. The van der Waals surface area contributed by atoms with Gasteiger partial charge in [0.2, 0.25) is 5.91 Å². The standard InChI is InChI=1S/C21H22N4O2S2/c1-25-10-9-15-18(13-25)29-21(23-15)24-19(26)16(12-14-6-3-2-4-7-14)22-20(27)17-8-5-11-28-17/h2-8,11,16H,9-10,12-13H2,1H3,(H,22,27)(H,23,24,26)/t16-/m1/s1. The fourth-order valence-electron chi connectivity index (χ4n) is 3.27. The Hall–Kier alpha value is -2.55. The summed E-state index contributed by atoms with van der Waals surface area (Å²) in [5, 5.41) is 8.25. The Morgan fingerprint density at radius 3 is 2.79 bits per heavy atom. The molecule has 0 radical (unpaired) electrons. The highest BCUT2D eigenvalue weighted by molar-refractivity contribution is 7.15. The third-order valence-corrected chi connectivity index (χ3v) is 6.67. The summed E-state index contributed by atoms with van der Waals surface area (Å²) < 4.78 is 0. The van der Waals surface area contributed by atoms with E-state index in [1.165, 1.54) is 27.6 Å². The van der Waals surface area contributed by atoms with Crippen molar-refractivity contribution in [3.63, 3.8) is 0 Å². The number of carbonyl (C=O) groups is 2. The summed E-state index contributed by atoms with van der Waals surface area (Å²) in [6.07, 6.45) is 1.30. The van der Waals surface area contributed by atoms with Crippen molar-refractivity contribution < 1.29 is 9.59 Å². The quantitative estimate of drug-likeness (QED) is 0.635. The lowest BCUT2D eigenvalue weighted by Gasteiger charge is -2.20. The molecule has 1 aliphatic heterocycles. The molecule has 8 heteroatoms. The van der Waals surface area contributed by atoms with Gasteiger partial charge >= 0.3 is 0 Å². The number of fused-ring (bicyclic) bond motifs is 1. The summed E-state index contributed by atoms with van der Waals surface area (Å²) in [4.78, 5) is 34.2. The third-order valence-electron chi connectivity index (χ3n) is 4.80. The minimum absolute atomic E-state index is 0.240. The first-order chi connectivity index (χ1) is 14.1. The maximum atomic E-state index is 13.0. The first kappa shape index (κ1) is 19.8. The van der Waals surface area contributed by atoms with Crippen LogP contribution in [-0.2, 0) is 24.2 Å². The SMILES string of the molecule is CN1CCc2nc(NC(=O)[C@@H](Cc3ccccc3)NC(=O)c3cccs3)sc2C1. The third kappa shape index (κ3) is 4.90. The minimum Gasteiger partial charge on any atom is -0.339 e. The molecule has 1 atom stereocenters. The highest BCUT2D eigenvalue weighted by atomic mass is 32.1. The number of nitrogens with one attached hydrogen (secondary N) is 2. The number of hydrogen-bond acceptors (Lipinski definition) is 6. The van der Waals surface area contributed by atoms with E-state index in [1.54, 1.807) is 6.07 Å². The van der Waals surface area contributed by atoms with Gasteiger partial charge in [-0.05, 0) is 24.1 Å². The zero-order valence-corrected chi connectivity index (χ0v) is 17.7. The topological polar surface area (TPSA) is 74.3 Å². The van der Waals surface area contributed by atoms with Crippen LogP contribution in [0.5, 0.6) is 0 Å². The molecule has 29 heavy (non-hydrogen) atoms. The Morgan fingerprint density at radius 2 is 2.03 bits per heavy atom. The molecule has 0 unspecified atom stereocenters. The number of aromatic nitrogens is 1. The highest BCUT2D eigenvalue weighted by Gasteiger charge is 2.25. The molecule has 3 heterocycles. The molecular formula is C21H22N4O2S2. The summed E-state index contributed by atoms with van der Waals surface area (Å²) in [6, 6.07) is 12.6. The van der Waals surface area contributed by atoms with Crippen LogP contribution in [0.25, 0.3) is 0 Å². The molecule has 2 amide bonds. The van der Waals surface area contributed by atoms with Crippen LogP contribution >= 0.6 is 22.7 Å². The van der Waals surface area contributed by atoms with E-state index < -0.39 is 6.04 Å². The van der Waals surface area contributed by atoms with Crippen LogP contribution in [0.1, 0.15) is 25.8 Å². The Kier molecular flexibility index (Phi) is 6.03. The summed E-state index contributed by atoms with van der Waals surface area (Å²) in [6.45, 7) is 1.82. The van der Waals surface area contributed by atoms with Crippen molar-refractivity contribution in [2.24, 2.45) is 0 Å². The maximum absolute atomic E-state index is 13.0. The number of likely N-dealkylation sites (N-methyl/N-ethyl adjacent to an activating group) is 1. The fourth-order valence-corrected chi connectivity index (χ4v) is 4.98. The Morgan fingerprint density at radius 1 is 1.21 bits per heavy atom. The predicted molar refractivity (Wildman–Crippen MR) is 117 cm³/mol. The Labute approximate surface area is 177 Å². The van der Waals surface area contributed by atoms with E-state index in [2.05, 4.69) is 27.6 Å². The van der Waals surface area contributed by atoms with Gasteiger partial charge in [0.1, 0.15) is 6.04 Å². The second-order valence-corrected chi connectivity index (χ2v) is 9.09. The first-order valence-electron chi connectivity index (χ1n) is 9.45. The second-order valence-electron chi connectivity index (χ2n) is 7.06. The number of benzene rings is 1. The van der Waals surface area contributed by atoms with Gasteiger partial charge in [-0.2, -0.15) is 0 Å². The number of hydrogen-bond donors (Lipinski definition) is 2. The monoisotopic (exact) mass is 426 g/mol. The van der Waals surface area contributed by atoms with Crippen LogP contribution in [-0.4, -0.2) is 41.3 Å². The highest BCUT2D eigenvalue weighted by Crippen LogP contribution is 2.27. The van der Waals surface area contributed by atoms with E-state index in [-0.39, 0.29) is 11.8 Å². The molecule has 2 aromatic heterocycles. The van der Waals surface area contributed by atoms with Crippen molar-refractivity contribution in [3.05, 3.63) is 68.9 Å². The van der Waals surface area contributed by atoms with Crippen LogP contribution in [0.3, 0.4) is 0 Å². The lowest BCUT2D eigenvalue weighted by Crippen LogP contribution is -2.45. The van der Waals surface area contributed by atoms with Crippen LogP contribution in [0.15, 0.2) is 47.8 Å². The average Bonchev–Trinajstić information content (AvgIpc) is 3.37. The van der Waals surface area contributed by atoms with Crippen LogP contribution in [0.4, 0.5) is 5.13 Å². The van der Waals surface area contributed by atoms with Crippen LogP contribution in [0.2, 0.25) is 0 Å². The van der Waals surface area contributed by atoms with Gasteiger partial charge in [-0.3, -0.25) is 9.59 Å². The van der Waals surface area contributed by atoms with Crippen molar-refractivity contribution in [1.29, 1.82) is 0 Å². The molecule has 0 saturated carbocycles. The minimum atomic E-state index is -0.685. The molecule has 6 nitrogen and oxygen atoms in total. The maximum Gasteiger partial charge on any atom is 0.262 e. The van der Waals surface area contributed by atoms with E-state index in [1.807, 2.05) is 41.8 Å². The molecule has 0 saturated heterocycles. The van der Waals surface area contributed by atoms with Crippen molar-refractivity contribution in [3.8, 4) is 0 Å². The molecule has 2 N–H and O–H groups in total. The van der Waals surface area contributed by atoms with Gasteiger partial charge in [-0.15, -0.1) is 22.7 Å². The van der Waals surface area contributed by atoms with Crippen molar-refractivity contribution in [2.45, 2.75) is 25.4 Å². The number of carbonyl (C=O) groups excluding carboxylic acids is 2. The van der Waals surface area contributed by atoms with Crippen molar-refractivity contribution in [1.82, 2.24) is 15.2 Å². The van der Waals surface area contributed by atoms with Crippen molar-refractivity contribution in [2.75, 3.05) is 18.9 Å². The summed E-state index contributed by atoms with van der Waals surface area (Å²) >= 11 is 2.87. The van der Waals surface area contributed by atoms with Gasteiger partial charge in [-0.25, -0.2) is 4.98 Å². The first-order valence-corrected chi connectivity index (χ1v) is 11.1. The van der Waals surface area contributed by atoms with Crippen LogP contribution in [0, 0.1) is 0 Å². The van der Waals surface area contributed by atoms with Gasteiger partial charge in [0.15, 0.2) is 5.13 Å². The molecule has 0 spiro atoms. The van der Waals surface area contributed by atoms with Gasteiger partial charge in [0.25, 0.3) is 5.91 Å². The van der Waals surface area contributed by atoms with E-state index in [0.29, 0.717) is 16.4 Å². The van der Waals surface area contributed by atoms with Gasteiger partial charge in [0, 0.05) is 30.8 Å². The number of rotatable bonds is 6. The molecule has 150 valence electrons. The molecule has 0 aliphatic carbocycles. The molecule has 0 fully saturated rings. The van der Waals surface area contributed by atoms with Crippen molar-refractivity contribution >= 4 is 39.6 Å². The van der Waals surface area contributed by atoms with Gasteiger partial charge < -0.3 is 15.5 Å². The number of nitrogens with zero attached hydrogens (tertiary/aromatic N) is 2. The van der Waals surface area contributed by atoms with E-state index in [9.17, 15) is 9.59 Å². The van der Waals surface area contributed by atoms with E-state index >= 15 is 0 Å². The smallest absolute Gasteiger partial charge is 0.262 e. The Balaban J connectivity index is 1.50. The fraction of sp³-hybridized carbons (Fsp3) is 0.286.